The van der Waals surface area contributed by atoms with Crippen molar-refractivity contribution < 1.29 is 9.53 Å². The molecule has 3 heterocycles. The molecule has 0 aliphatic carbocycles. The van der Waals surface area contributed by atoms with E-state index in [1.807, 2.05) is 47.4 Å². The molecule has 120 valence electrons. The summed E-state index contributed by atoms with van der Waals surface area (Å²) in [5.74, 6) is 0.698. The van der Waals surface area contributed by atoms with E-state index in [0.29, 0.717) is 18.8 Å². The average molecular weight is 319 g/mol. The van der Waals surface area contributed by atoms with E-state index in [-0.39, 0.29) is 12.0 Å². The molecule has 1 aliphatic rings. The molecule has 5 nitrogen and oxygen atoms in total. The molecule has 0 radical (unpaired) electrons. The van der Waals surface area contributed by atoms with E-state index in [2.05, 4.69) is 9.97 Å². The maximum atomic E-state index is 12.9. The molecule has 1 saturated heterocycles. The summed E-state index contributed by atoms with van der Waals surface area (Å²) in [5.41, 5.74) is 0.509. The molecule has 1 aliphatic heterocycles. The van der Waals surface area contributed by atoms with Crippen LogP contribution in [0.5, 0.6) is 5.75 Å². The first-order valence-electron chi connectivity index (χ1n) is 8.01. The van der Waals surface area contributed by atoms with Crippen LogP contribution >= 0.6 is 0 Å². The third kappa shape index (κ3) is 2.80. The lowest BCUT2D eigenvalue weighted by Crippen LogP contribution is -2.31. The monoisotopic (exact) mass is 319 g/mol. The first-order chi connectivity index (χ1) is 11.8. The zero-order valence-electron chi connectivity index (χ0n) is 13.1. The fourth-order valence-corrected chi connectivity index (χ4v) is 3.06. The Hall–Kier alpha value is -2.95. The van der Waals surface area contributed by atoms with Crippen molar-refractivity contribution in [2.24, 2.45) is 0 Å². The Balaban J connectivity index is 1.51. The number of carbonyl (C=O) groups excluding carboxylic acids is 1. The van der Waals surface area contributed by atoms with Gasteiger partial charge in [-0.3, -0.25) is 14.8 Å². The first-order valence-corrected chi connectivity index (χ1v) is 8.01. The first kappa shape index (κ1) is 14.6. The Kier molecular flexibility index (Phi) is 3.83. The number of ether oxygens (including phenoxy) is 1. The number of aromatic nitrogens is 2. The molecule has 3 aromatic rings. The zero-order valence-corrected chi connectivity index (χ0v) is 13.1. The number of carbonyl (C=O) groups is 1. The van der Waals surface area contributed by atoms with E-state index in [1.54, 1.807) is 18.6 Å². The van der Waals surface area contributed by atoms with Crippen molar-refractivity contribution in [3.63, 3.8) is 0 Å². The largest absolute Gasteiger partial charge is 0.487 e. The SMILES string of the molecule is O=C(c1nccc2ccccc12)N1CCC(Oc2cccnc2)C1. The number of nitrogens with zero attached hydrogens (tertiary/aromatic N) is 3. The summed E-state index contributed by atoms with van der Waals surface area (Å²) in [6, 6.07) is 13.5. The highest BCUT2D eigenvalue weighted by Gasteiger charge is 2.29. The van der Waals surface area contributed by atoms with Crippen LogP contribution < -0.4 is 4.74 Å². The number of rotatable bonds is 3. The van der Waals surface area contributed by atoms with Crippen molar-refractivity contribution in [1.82, 2.24) is 14.9 Å². The molecule has 1 atom stereocenters. The van der Waals surface area contributed by atoms with Crippen LogP contribution in [0.2, 0.25) is 0 Å². The maximum absolute atomic E-state index is 12.9. The van der Waals surface area contributed by atoms with Crippen molar-refractivity contribution in [3.8, 4) is 5.75 Å². The quantitative estimate of drug-likeness (QED) is 0.745. The zero-order chi connectivity index (χ0) is 16.4. The van der Waals surface area contributed by atoms with Gasteiger partial charge in [0.25, 0.3) is 5.91 Å². The molecule has 0 N–H and O–H groups in total. The number of likely N-dealkylation sites (tertiary alicyclic amines) is 1. The Labute approximate surface area is 139 Å². The van der Waals surface area contributed by atoms with Gasteiger partial charge in [-0.05, 0) is 23.6 Å². The predicted molar refractivity (Wildman–Crippen MR) is 90.9 cm³/mol. The van der Waals surface area contributed by atoms with Crippen molar-refractivity contribution >= 4 is 16.7 Å². The Bertz CT molecular complexity index is 861. The number of fused-ring (bicyclic) bond motifs is 1. The fraction of sp³-hybridized carbons (Fsp3) is 0.211. The number of benzene rings is 1. The summed E-state index contributed by atoms with van der Waals surface area (Å²) >= 11 is 0. The molecule has 0 bridgehead atoms. The van der Waals surface area contributed by atoms with Gasteiger partial charge < -0.3 is 9.64 Å². The van der Waals surface area contributed by atoms with Gasteiger partial charge in [0.1, 0.15) is 17.5 Å². The molecule has 1 fully saturated rings. The maximum Gasteiger partial charge on any atom is 0.273 e. The van der Waals surface area contributed by atoms with Crippen LogP contribution in [0.3, 0.4) is 0 Å². The minimum Gasteiger partial charge on any atom is -0.487 e. The van der Waals surface area contributed by atoms with Crippen LogP contribution in [0.4, 0.5) is 0 Å². The van der Waals surface area contributed by atoms with Gasteiger partial charge in [0.05, 0.1) is 12.7 Å². The molecule has 0 saturated carbocycles. The Morgan fingerprint density at radius 1 is 1.12 bits per heavy atom. The van der Waals surface area contributed by atoms with Gasteiger partial charge in [0, 0.05) is 30.7 Å². The third-order valence-electron chi connectivity index (χ3n) is 4.25. The fourth-order valence-electron chi connectivity index (χ4n) is 3.06. The summed E-state index contributed by atoms with van der Waals surface area (Å²) in [5, 5.41) is 1.92. The highest BCUT2D eigenvalue weighted by molar-refractivity contribution is 6.05. The molecule has 1 amide bonds. The molecule has 0 spiro atoms. The molecule has 2 aromatic heterocycles. The lowest BCUT2D eigenvalue weighted by molar-refractivity contribution is 0.0768. The van der Waals surface area contributed by atoms with Gasteiger partial charge in [-0.15, -0.1) is 0 Å². The van der Waals surface area contributed by atoms with Crippen molar-refractivity contribution in [2.45, 2.75) is 12.5 Å². The lowest BCUT2D eigenvalue weighted by atomic mass is 10.1. The van der Waals surface area contributed by atoms with Crippen molar-refractivity contribution in [2.75, 3.05) is 13.1 Å². The highest BCUT2D eigenvalue weighted by atomic mass is 16.5. The van der Waals surface area contributed by atoms with Gasteiger partial charge in [0.2, 0.25) is 0 Å². The van der Waals surface area contributed by atoms with Gasteiger partial charge in [0.15, 0.2) is 0 Å². The molecular formula is C19H17N3O2. The number of pyridine rings is 2. The summed E-state index contributed by atoms with van der Waals surface area (Å²) in [6.45, 7) is 1.24. The van der Waals surface area contributed by atoms with Crippen LogP contribution in [0.15, 0.2) is 61.1 Å². The van der Waals surface area contributed by atoms with Crippen LogP contribution in [-0.2, 0) is 0 Å². The smallest absolute Gasteiger partial charge is 0.273 e. The van der Waals surface area contributed by atoms with Crippen molar-refractivity contribution in [3.05, 3.63) is 66.7 Å². The summed E-state index contributed by atoms with van der Waals surface area (Å²) in [4.78, 5) is 23.0. The van der Waals surface area contributed by atoms with E-state index in [1.165, 1.54) is 0 Å². The number of hydrogen-bond acceptors (Lipinski definition) is 4. The molecule has 1 unspecified atom stereocenters. The van der Waals surface area contributed by atoms with E-state index in [0.717, 1.165) is 22.9 Å². The van der Waals surface area contributed by atoms with E-state index in [4.69, 9.17) is 4.74 Å². The number of amides is 1. The molecular weight excluding hydrogens is 302 g/mol. The minimum atomic E-state index is -0.0379. The normalized spacial score (nSPS) is 17.2. The van der Waals surface area contributed by atoms with Gasteiger partial charge in [-0.25, -0.2) is 0 Å². The highest BCUT2D eigenvalue weighted by Crippen LogP contribution is 2.22. The topological polar surface area (TPSA) is 55.3 Å². The standard InChI is InChI=1S/C19H17N3O2/c23-19(18-17-6-2-1-4-14(17)7-10-21-18)22-11-8-16(13-22)24-15-5-3-9-20-12-15/h1-7,9-10,12,16H,8,11,13H2. The average Bonchev–Trinajstić information content (AvgIpc) is 3.10. The van der Waals surface area contributed by atoms with Crippen LogP contribution in [0, 0.1) is 0 Å². The molecule has 1 aromatic carbocycles. The molecule has 5 heteroatoms. The van der Waals surface area contributed by atoms with Gasteiger partial charge >= 0.3 is 0 Å². The van der Waals surface area contributed by atoms with Crippen LogP contribution in [0.1, 0.15) is 16.9 Å². The Morgan fingerprint density at radius 3 is 2.92 bits per heavy atom. The second-order valence-corrected chi connectivity index (χ2v) is 5.85. The summed E-state index contributed by atoms with van der Waals surface area (Å²) in [6.07, 6.45) is 5.90. The predicted octanol–water partition coefficient (Wildman–Crippen LogP) is 2.92. The van der Waals surface area contributed by atoms with Gasteiger partial charge in [-0.2, -0.15) is 0 Å². The van der Waals surface area contributed by atoms with Gasteiger partial charge in [-0.1, -0.05) is 24.3 Å². The third-order valence-corrected chi connectivity index (χ3v) is 4.25. The second-order valence-electron chi connectivity index (χ2n) is 5.85. The molecule has 24 heavy (non-hydrogen) atoms. The van der Waals surface area contributed by atoms with E-state index >= 15 is 0 Å². The van der Waals surface area contributed by atoms with E-state index in [9.17, 15) is 4.79 Å². The molecule has 4 rings (SSSR count). The Morgan fingerprint density at radius 2 is 2.04 bits per heavy atom. The lowest BCUT2D eigenvalue weighted by Gasteiger charge is -2.17. The summed E-state index contributed by atoms with van der Waals surface area (Å²) < 4.78 is 5.90. The van der Waals surface area contributed by atoms with Crippen molar-refractivity contribution in [1.29, 1.82) is 0 Å². The van der Waals surface area contributed by atoms with Crippen LogP contribution in [0.25, 0.3) is 10.8 Å². The number of hydrogen-bond donors (Lipinski definition) is 0. The minimum absolute atomic E-state index is 0.00636. The van der Waals surface area contributed by atoms with E-state index < -0.39 is 0 Å². The second kappa shape index (κ2) is 6.28. The summed E-state index contributed by atoms with van der Waals surface area (Å²) in [7, 11) is 0. The van der Waals surface area contributed by atoms with Crippen LogP contribution in [-0.4, -0.2) is 40.0 Å².